The van der Waals surface area contributed by atoms with E-state index in [4.69, 9.17) is 20.6 Å². The van der Waals surface area contributed by atoms with Crippen molar-refractivity contribution in [2.75, 3.05) is 39.7 Å². The van der Waals surface area contributed by atoms with Gasteiger partial charge in [0.2, 0.25) is 0 Å². The lowest BCUT2D eigenvalue weighted by Crippen LogP contribution is -2.24. The number of nitrogen functional groups attached to an aromatic ring is 1. The van der Waals surface area contributed by atoms with Gasteiger partial charge >= 0.3 is 5.97 Å². The molecule has 0 saturated heterocycles. The Morgan fingerprint density at radius 3 is 2.40 bits per heavy atom. The number of benzene rings is 2. The number of ether oxygens (including phenoxy) is 2. The van der Waals surface area contributed by atoms with Crippen LogP contribution in [0.15, 0.2) is 42.5 Å². The molecule has 0 spiro atoms. The van der Waals surface area contributed by atoms with Crippen molar-refractivity contribution in [2.24, 2.45) is 5.73 Å². The number of anilines is 1. The highest BCUT2D eigenvalue weighted by Gasteiger charge is 2.25. The lowest BCUT2D eigenvalue weighted by molar-refractivity contribution is -0.141. The largest absolute Gasteiger partial charge is 0.492 e. The van der Waals surface area contributed by atoms with E-state index in [0.717, 1.165) is 24.1 Å². The topological polar surface area (TPSA) is 101 Å². The van der Waals surface area contributed by atoms with Gasteiger partial charge in [0.25, 0.3) is 0 Å². The Kier molecular flexibility index (Phi) is 10.1. The number of amidine groups is 1. The zero-order chi connectivity index (χ0) is 21.4. The van der Waals surface area contributed by atoms with Crippen molar-refractivity contribution in [3.8, 4) is 5.75 Å². The Morgan fingerprint density at radius 1 is 1.20 bits per heavy atom. The monoisotopic (exact) mass is 434 g/mol. The number of methoxy groups -OCH3 is 1. The molecule has 1 unspecified atom stereocenters. The molecule has 2 rings (SSSR count). The Morgan fingerprint density at radius 2 is 1.87 bits per heavy atom. The molecule has 0 aliphatic rings. The van der Waals surface area contributed by atoms with E-state index in [1.54, 1.807) is 24.3 Å². The number of carbonyl (C=O) groups is 1. The van der Waals surface area contributed by atoms with Crippen molar-refractivity contribution in [3.63, 3.8) is 0 Å². The normalized spacial score (nSPS) is 11.4. The summed E-state index contributed by atoms with van der Waals surface area (Å²) in [4.78, 5) is 14.7. The van der Waals surface area contributed by atoms with Gasteiger partial charge in [0.1, 0.15) is 18.2 Å². The minimum atomic E-state index is -0.732. The molecular formula is C22H31ClN4O3. The second-order valence-electron chi connectivity index (χ2n) is 6.97. The highest BCUT2D eigenvalue weighted by atomic mass is 35.5. The SMILES string of the molecule is CCc1ccc(OCCN(C)C)c(C(Nc2ccc(C(=N)N)cc2)C(=O)OC)c1.Cl. The van der Waals surface area contributed by atoms with Gasteiger partial charge in [-0.1, -0.05) is 13.0 Å². The summed E-state index contributed by atoms with van der Waals surface area (Å²) in [5.74, 6) is 0.229. The number of carbonyl (C=O) groups excluding carboxylic acids is 1. The molecule has 4 N–H and O–H groups in total. The lowest BCUT2D eigenvalue weighted by atomic mass is 10.0. The second-order valence-corrected chi connectivity index (χ2v) is 6.97. The molecular weight excluding hydrogens is 404 g/mol. The molecule has 0 radical (unpaired) electrons. The number of esters is 1. The van der Waals surface area contributed by atoms with Gasteiger partial charge in [-0.2, -0.15) is 0 Å². The van der Waals surface area contributed by atoms with Crippen LogP contribution >= 0.6 is 12.4 Å². The molecule has 0 bridgehead atoms. The first-order valence-electron chi connectivity index (χ1n) is 9.54. The van der Waals surface area contributed by atoms with E-state index in [2.05, 4.69) is 12.2 Å². The fourth-order valence-electron chi connectivity index (χ4n) is 2.81. The molecule has 0 aromatic heterocycles. The molecule has 164 valence electrons. The van der Waals surface area contributed by atoms with E-state index in [0.29, 0.717) is 23.6 Å². The fourth-order valence-corrected chi connectivity index (χ4v) is 2.81. The van der Waals surface area contributed by atoms with Crippen molar-refractivity contribution in [2.45, 2.75) is 19.4 Å². The summed E-state index contributed by atoms with van der Waals surface area (Å²) < 4.78 is 11.0. The van der Waals surface area contributed by atoms with Gasteiger partial charge in [0.05, 0.1) is 7.11 Å². The minimum absolute atomic E-state index is 0. The van der Waals surface area contributed by atoms with Gasteiger partial charge in [-0.3, -0.25) is 5.41 Å². The molecule has 8 heteroatoms. The fraction of sp³-hybridized carbons (Fsp3) is 0.364. The summed E-state index contributed by atoms with van der Waals surface area (Å²) in [6.07, 6.45) is 0.839. The number of rotatable bonds is 10. The first-order chi connectivity index (χ1) is 13.8. The third-order valence-electron chi connectivity index (χ3n) is 4.53. The molecule has 0 saturated carbocycles. The van der Waals surface area contributed by atoms with Crippen LogP contribution in [0.5, 0.6) is 5.75 Å². The van der Waals surface area contributed by atoms with E-state index in [9.17, 15) is 4.79 Å². The smallest absolute Gasteiger partial charge is 0.333 e. The molecule has 0 aliphatic heterocycles. The number of nitrogens with one attached hydrogen (secondary N) is 2. The van der Waals surface area contributed by atoms with Crippen LogP contribution in [0.2, 0.25) is 0 Å². The first-order valence-corrected chi connectivity index (χ1v) is 9.54. The summed E-state index contributed by atoms with van der Waals surface area (Å²) in [5.41, 5.74) is 8.67. The van der Waals surface area contributed by atoms with Crippen LogP contribution in [0.3, 0.4) is 0 Å². The summed E-state index contributed by atoms with van der Waals surface area (Å²) in [5, 5.41) is 10.7. The molecule has 7 nitrogen and oxygen atoms in total. The Balaban J connectivity index is 0.00000450. The van der Waals surface area contributed by atoms with Crippen LogP contribution in [0, 0.1) is 5.41 Å². The Bertz CT molecular complexity index is 841. The number of hydrogen-bond acceptors (Lipinski definition) is 6. The van der Waals surface area contributed by atoms with Crippen LogP contribution in [-0.2, 0) is 16.0 Å². The predicted octanol–water partition coefficient (Wildman–Crippen LogP) is 3.22. The molecule has 2 aromatic carbocycles. The zero-order valence-electron chi connectivity index (χ0n) is 17.9. The molecule has 1 atom stereocenters. The Hall–Kier alpha value is -2.77. The van der Waals surface area contributed by atoms with Gasteiger partial charge in [-0.15, -0.1) is 12.4 Å². The number of likely N-dealkylation sites (N-methyl/N-ethyl adjacent to an activating group) is 1. The molecule has 0 aliphatic carbocycles. The number of aryl methyl sites for hydroxylation is 1. The zero-order valence-corrected chi connectivity index (χ0v) is 18.7. The number of halogens is 1. The molecule has 0 amide bonds. The van der Waals surface area contributed by atoms with E-state index < -0.39 is 12.0 Å². The molecule has 30 heavy (non-hydrogen) atoms. The third-order valence-corrected chi connectivity index (χ3v) is 4.53. The number of hydrogen-bond donors (Lipinski definition) is 3. The van der Waals surface area contributed by atoms with E-state index in [1.807, 2.05) is 37.2 Å². The van der Waals surface area contributed by atoms with Crippen LogP contribution in [0.4, 0.5) is 5.69 Å². The summed E-state index contributed by atoms with van der Waals surface area (Å²) in [7, 11) is 5.33. The summed E-state index contributed by atoms with van der Waals surface area (Å²) in [6, 6.07) is 12.2. The Labute approximate surface area is 184 Å². The summed E-state index contributed by atoms with van der Waals surface area (Å²) in [6.45, 7) is 3.33. The van der Waals surface area contributed by atoms with Crippen molar-refractivity contribution in [1.82, 2.24) is 4.90 Å². The van der Waals surface area contributed by atoms with E-state index in [1.165, 1.54) is 7.11 Å². The van der Waals surface area contributed by atoms with Crippen LogP contribution in [-0.4, -0.2) is 51.1 Å². The average Bonchev–Trinajstić information content (AvgIpc) is 2.71. The molecule has 2 aromatic rings. The van der Waals surface area contributed by atoms with Gasteiger partial charge in [-0.05, 0) is 62.5 Å². The van der Waals surface area contributed by atoms with Crippen molar-refractivity contribution >= 4 is 29.9 Å². The van der Waals surface area contributed by atoms with Crippen molar-refractivity contribution < 1.29 is 14.3 Å². The van der Waals surface area contributed by atoms with E-state index in [-0.39, 0.29) is 18.2 Å². The van der Waals surface area contributed by atoms with Crippen molar-refractivity contribution in [1.29, 1.82) is 5.41 Å². The van der Waals surface area contributed by atoms with Gasteiger partial charge < -0.3 is 25.4 Å². The van der Waals surface area contributed by atoms with Crippen molar-refractivity contribution in [3.05, 3.63) is 59.2 Å². The number of nitrogens with zero attached hydrogens (tertiary/aromatic N) is 1. The van der Waals surface area contributed by atoms with Gasteiger partial charge in [-0.25, -0.2) is 4.79 Å². The minimum Gasteiger partial charge on any atom is -0.492 e. The second kappa shape index (κ2) is 12.0. The lowest BCUT2D eigenvalue weighted by Gasteiger charge is -2.22. The summed E-state index contributed by atoms with van der Waals surface area (Å²) >= 11 is 0. The van der Waals surface area contributed by atoms with Gasteiger partial charge in [0.15, 0.2) is 6.04 Å². The standard InChI is InChI=1S/C22H30N4O3.ClH/c1-5-15-6-11-19(29-13-12-26(2)3)18(14-15)20(22(27)28-4)25-17-9-7-16(8-10-17)21(23)24;/h6-11,14,20,25H,5,12-13H2,1-4H3,(H3,23,24);1H. The predicted molar refractivity (Wildman–Crippen MR) is 123 cm³/mol. The highest BCUT2D eigenvalue weighted by molar-refractivity contribution is 5.95. The average molecular weight is 435 g/mol. The first kappa shape index (κ1) is 25.3. The maximum Gasteiger partial charge on any atom is 0.333 e. The van der Waals surface area contributed by atoms with Crippen LogP contribution in [0.1, 0.15) is 29.7 Å². The van der Waals surface area contributed by atoms with Gasteiger partial charge in [0, 0.05) is 23.4 Å². The van der Waals surface area contributed by atoms with Crippen LogP contribution < -0.4 is 15.8 Å². The number of nitrogens with two attached hydrogens (primary N) is 1. The maximum atomic E-state index is 12.6. The quantitative estimate of drug-likeness (QED) is 0.301. The third kappa shape index (κ3) is 6.93. The maximum absolute atomic E-state index is 12.6. The highest BCUT2D eigenvalue weighted by Crippen LogP contribution is 2.31. The molecule has 0 heterocycles. The van der Waals surface area contributed by atoms with E-state index >= 15 is 0 Å². The van der Waals surface area contributed by atoms with Crippen LogP contribution in [0.25, 0.3) is 0 Å². The molecule has 0 fully saturated rings.